The van der Waals surface area contributed by atoms with Crippen molar-refractivity contribution in [3.05, 3.63) is 75.1 Å². The third kappa shape index (κ3) is 3.83. The van der Waals surface area contributed by atoms with E-state index in [0.717, 1.165) is 5.56 Å². The van der Waals surface area contributed by atoms with Gasteiger partial charge in [-0.05, 0) is 30.2 Å². The molecule has 0 aliphatic carbocycles. The van der Waals surface area contributed by atoms with Gasteiger partial charge < -0.3 is 14.5 Å². The zero-order chi connectivity index (χ0) is 17.8. The van der Waals surface area contributed by atoms with Gasteiger partial charge in [-0.3, -0.25) is 9.59 Å². The molecule has 1 amide bonds. The number of halogens is 1. The molecular formula is C19H16ClNO4. The normalized spacial score (nSPS) is 10.6. The van der Waals surface area contributed by atoms with E-state index >= 15 is 0 Å². The van der Waals surface area contributed by atoms with Crippen LogP contribution >= 0.6 is 11.6 Å². The summed E-state index contributed by atoms with van der Waals surface area (Å²) in [5.41, 5.74) is 0.970. The fourth-order valence-electron chi connectivity index (χ4n) is 2.47. The highest BCUT2D eigenvalue weighted by atomic mass is 35.5. The van der Waals surface area contributed by atoms with Gasteiger partial charge in [0.2, 0.25) is 0 Å². The van der Waals surface area contributed by atoms with Crippen LogP contribution in [0.2, 0.25) is 5.02 Å². The Hall–Kier alpha value is -2.79. The van der Waals surface area contributed by atoms with Crippen molar-refractivity contribution in [1.29, 1.82) is 0 Å². The molecule has 3 rings (SSSR count). The highest BCUT2D eigenvalue weighted by Gasteiger charge is 2.13. The lowest BCUT2D eigenvalue weighted by atomic mass is 10.1. The van der Waals surface area contributed by atoms with E-state index in [1.807, 2.05) is 18.2 Å². The molecule has 0 unspecified atom stereocenters. The lowest BCUT2D eigenvalue weighted by Crippen LogP contribution is -2.26. The van der Waals surface area contributed by atoms with Crippen LogP contribution in [0.1, 0.15) is 16.1 Å². The van der Waals surface area contributed by atoms with Gasteiger partial charge in [-0.2, -0.15) is 0 Å². The van der Waals surface area contributed by atoms with Crippen LogP contribution in [0.15, 0.2) is 57.7 Å². The standard InChI is InChI=1S/C19H16ClNO4/c1-24-13-6-7-14-16(22)11-18(25-17(14)10-13)19(23)21-9-8-12-4-2-3-5-15(12)20/h2-7,10-11H,8-9H2,1H3,(H,21,23). The summed E-state index contributed by atoms with van der Waals surface area (Å²) in [6.07, 6.45) is 0.580. The largest absolute Gasteiger partial charge is 0.497 e. The molecule has 25 heavy (non-hydrogen) atoms. The van der Waals surface area contributed by atoms with E-state index in [4.69, 9.17) is 20.8 Å². The third-order valence-corrected chi connectivity index (χ3v) is 4.17. The maximum absolute atomic E-state index is 12.3. The second kappa shape index (κ2) is 7.40. The highest BCUT2D eigenvalue weighted by Crippen LogP contribution is 2.19. The van der Waals surface area contributed by atoms with Gasteiger partial charge in [-0.1, -0.05) is 29.8 Å². The molecule has 1 aromatic heterocycles. The van der Waals surface area contributed by atoms with Crippen LogP contribution in [-0.4, -0.2) is 19.6 Å². The predicted octanol–water partition coefficient (Wildman–Crippen LogP) is 3.43. The summed E-state index contributed by atoms with van der Waals surface area (Å²) in [4.78, 5) is 24.4. The summed E-state index contributed by atoms with van der Waals surface area (Å²) < 4.78 is 10.7. The molecule has 128 valence electrons. The van der Waals surface area contributed by atoms with Crippen LogP contribution in [0.25, 0.3) is 11.0 Å². The smallest absolute Gasteiger partial charge is 0.287 e. The molecule has 0 saturated heterocycles. The fraction of sp³-hybridized carbons (Fsp3) is 0.158. The molecule has 3 aromatic rings. The van der Waals surface area contributed by atoms with Gasteiger partial charge >= 0.3 is 0 Å². The minimum atomic E-state index is -0.450. The molecule has 0 aliphatic rings. The first-order chi connectivity index (χ1) is 12.1. The van der Waals surface area contributed by atoms with E-state index in [-0.39, 0.29) is 11.2 Å². The molecule has 6 heteroatoms. The van der Waals surface area contributed by atoms with E-state index in [1.54, 1.807) is 24.3 Å². The van der Waals surface area contributed by atoms with E-state index in [0.29, 0.717) is 34.7 Å². The molecular weight excluding hydrogens is 342 g/mol. The average Bonchev–Trinajstić information content (AvgIpc) is 2.62. The van der Waals surface area contributed by atoms with Gasteiger partial charge in [0.15, 0.2) is 11.2 Å². The van der Waals surface area contributed by atoms with Crippen molar-refractivity contribution < 1.29 is 13.9 Å². The van der Waals surface area contributed by atoms with Crippen molar-refractivity contribution in [2.75, 3.05) is 13.7 Å². The zero-order valence-electron chi connectivity index (χ0n) is 13.5. The van der Waals surface area contributed by atoms with Crippen molar-refractivity contribution in [3.63, 3.8) is 0 Å². The van der Waals surface area contributed by atoms with Gasteiger partial charge in [0, 0.05) is 23.7 Å². The van der Waals surface area contributed by atoms with E-state index in [9.17, 15) is 9.59 Å². The number of methoxy groups -OCH3 is 1. The van der Waals surface area contributed by atoms with Crippen molar-refractivity contribution in [1.82, 2.24) is 5.32 Å². The predicted molar refractivity (Wildman–Crippen MR) is 96.5 cm³/mol. The Morgan fingerprint density at radius 2 is 2.00 bits per heavy atom. The van der Waals surface area contributed by atoms with Crippen molar-refractivity contribution in [3.8, 4) is 5.75 Å². The number of nitrogens with one attached hydrogen (secondary N) is 1. The molecule has 0 aliphatic heterocycles. The number of ether oxygens (including phenoxy) is 1. The number of amides is 1. The van der Waals surface area contributed by atoms with Crippen molar-refractivity contribution >= 4 is 28.5 Å². The molecule has 0 atom stereocenters. The number of carbonyl (C=O) groups excluding carboxylic acids is 1. The minimum absolute atomic E-state index is 0.0371. The van der Waals surface area contributed by atoms with Gasteiger partial charge in [-0.25, -0.2) is 0 Å². The molecule has 0 saturated carbocycles. The monoisotopic (exact) mass is 357 g/mol. The average molecular weight is 358 g/mol. The Morgan fingerprint density at radius 1 is 1.20 bits per heavy atom. The summed E-state index contributed by atoms with van der Waals surface area (Å²) in [5.74, 6) is 0.0608. The zero-order valence-corrected chi connectivity index (χ0v) is 14.3. The summed E-state index contributed by atoms with van der Waals surface area (Å²) in [5, 5.41) is 3.78. The Balaban J connectivity index is 1.75. The van der Waals surface area contributed by atoms with Gasteiger partial charge in [0.1, 0.15) is 11.3 Å². The Bertz CT molecular complexity index is 981. The molecule has 0 bridgehead atoms. The summed E-state index contributed by atoms with van der Waals surface area (Å²) in [6, 6.07) is 13.5. The topological polar surface area (TPSA) is 68.5 Å². The summed E-state index contributed by atoms with van der Waals surface area (Å²) in [7, 11) is 1.52. The van der Waals surface area contributed by atoms with Crippen LogP contribution in [0.5, 0.6) is 5.75 Å². The number of hydrogen-bond acceptors (Lipinski definition) is 4. The second-order valence-electron chi connectivity index (χ2n) is 5.43. The highest BCUT2D eigenvalue weighted by molar-refractivity contribution is 6.31. The van der Waals surface area contributed by atoms with E-state index in [2.05, 4.69) is 5.32 Å². The molecule has 1 heterocycles. The van der Waals surface area contributed by atoms with Gasteiger partial charge in [0.25, 0.3) is 5.91 Å². The van der Waals surface area contributed by atoms with Crippen molar-refractivity contribution in [2.45, 2.75) is 6.42 Å². The Labute approximate surface area is 149 Å². The Kier molecular flexibility index (Phi) is 5.05. The van der Waals surface area contributed by atoms with Gasteiger partial charge in [-0.15, -0.1) is 0 Å². The quantitative estimate of drug-likeness (QED) is 0.759. The first kappa shape index (κ1) is 17.0. The third-order valence-electron chi connectivity index (χ3n) is 3.80. The number of carbonyl (C=O) groups is 1. The first-order valence-electron chi connectivity index (χ1n) is 7.72. The lowest BCUT2D eigenvalue weighted by molar-refractivity contribution is 0.0927. The lowest BCUT2D eigenvalue weighted by Gasteiger charge is -2.07. The SMILES string of the molecule is COc1ccc2c(=O)cc(C(=O)NCCc3ccccc3Cl)oc2c1. The molecule has 5 nitrogen and oxygen atoms in total. The van der Waals surface area contributed by atoms with Gasteiger partial charge in [0.05, 0.1) is 12.5 Å². The first-order valence-corrected chi connectivity index (χ1v) is 8.10. The number of hydrogen-bond donors (Lipinski definition) is 1. The van der Waals surface area contributed by atoms with Crippen LogP contribution in [-0.2, 0) is 6.42 Å². The van der Waals surface area contributed by atoms with Crippen molar-refractivity contribution in [2.24, 2.45) is 0 Å². The summed E-state index contributed by atoms with van der Waals surface area (Å²) >= 11 is 6.09. The van der Waals surface area contributed by atoms with E-state index < -0.39 is 5.91 Å². The molecule has 2 aromatic carbocycles. The second-order valence-corrected chi connectivity index (χ2v) is 5.84. The van der Waals surface area contributed by atoms with E-state index in [1.165, 1.54) is 13.2 Å². The number of benzene rings is 2. The van der Waals surface area contributed by atoms with Crippen LogP contribution in [0, 0.1) is 0 Å². The van der Waals surface area contributed by atoms with Crippen LogP contribution in [0.4, 0.5) is 0 Å². The minimum Gasteiger partial charge on any atom is -0.497 e. The number of rotatable bonds is 5. The molecule has 0 radical (unpaired) electrons. The number of fused-ring (bicyclic) bond motifs is 1. The maximum Gasteiger partial charge on any atom is 0.287 e. The molecule has 0 fully saturated rings. The van der Waals surface area contributed by atoms with Crippen LogP contribution in [0.3, 0.4) is 0 Å². The maximum atomic E-state index is 12.3. The summed E-state index contributed by atoms with van der Waals surface area (Å²) in [6.45, 7) is 0.377. The van der Waals surface area contributed by atoms with Crippen LogP contribution < -0.4 is 15.5 Å². The molecule has 1 N–H and O–H groups in total. The Morgan fingerprint density at radius 3 is 2.76 bits per heavy atom. The molecule has 0 spiro atoms. The fourth-order valence-corrected chi connectivity index (χ4v) is 2.70.